The van der Waals surface area contributed by atoms with Gasteiger partial charge in [-0.05, 0) is 109 Å². The SMILES string of the molecule is Cc1ccccc1.Cc1ccccc1.Cc1ccccn1.Cc1cccnc1.Cc1ccn(C)c1.Cc1ccn(C)c1.Cc1cnc(C)cn1.Cc1cnccn1. The highest BCUT2D eigenvalue weighted by Gasteiger charge is 1.83. The maximum absolute atomic E-state index is 4.02. The van der Waals surface area contributed by atoms with Crippen LogP contribution in [0.5, 0.6) is 0 Å². The second-order valence-electron chi connectivity index (χ2n) is 13.2. The van der Waals surface area contributed by atoms with Crippen LogP contribution in [-0.2, 0) is 14.1 Å². The van der Waals surface area contributed by atoms with Crippen molar-refractivity contribution in [3.05, 3.63) is 228 Å². The van der Waals surface area contributed by atoms with E-state index in [-0.39, 0.29) is 0 Å². The van der Waals surface area contributed by atoms with E-state index in [1.165, 1.54) is 27.8 Å². The van der Waals surface area contributed by atoms with E-state index in [2.05, 4.69) is 106 Å². The minimum Gasteiger partial charge on any atom is -0.357 e. The lowest BCUT2D eigenvalue weighted by atomic mass is 10.2. The van der Waals surface area contributed by atoms with Crippen molar-refractivity contribution in [2.45, 2.75) is 62.3 Å². The molecule has 0 aliphatic rings. The molecule has 8 aromatic rings. The lowest BCUT2D eigenvalue weighted by Gasteiger charge is -1.88. The normalized spacial score (nSPS) is 8.96. The van der Waals surface area contributed by atoms with Crippen LogP contribution in [0.4, 0.5) is 0 Å². The highest BCUT2D eigenvalue weighted by molar-refractivity contribution is 5.13. The molecule has 0 spiro atoms. The zero-order chi connectivity index (χ0) is 42.1. The van der Waals surface area contributed by atoms with Crippen LogP contribution in [-0.4, -0.2) is 39.0 Å². The first-order valence-electron chi connectivity index (χ1n) is 18.8. The maximum atomic E-state index is 4.02. The Bertz CT molecular complexity index is 1750. The van der Waals surface area contributed by atoms with Gasteiger partial charge in [0.15, 0.2) is 0 Å². The summed E-state index contributed by atoms with van der Waals surface area (Å²) < 4.78 is 4.07. The molecule has 8 rings (SSSR count). The summed E-state index contributed by atoms with van der Waals surface area (Å²) >= 11 is 0. The first-order chi connectivity index (χ1) is 27.3. The van der Waals surface area contributed by atoms with Gasteiger partial charge in [0, 0.05) is 94.2 Å². The van der Waals surface area contributed by atoms with Crippen molar-refractivity contribution in [3.8, 4) is 0 Å². The summed E-state index contributed by atoms with van der Waals surface area (Å²) in [4.78, 5) is 23.6. The number of rotatable bonds is 0. The molecule has 8 nitrogen and oxygen atoms in total. The van der Waals surface area contributed by atoms with Crippen LogP contribution in [0.25, 0.3) is 0 Å². The first kappa shape index (κ1) is 48.5. The van der Waals surface area contributed by atoms with Crippen LogP contribution >= 0.6 is 0 Å². The van der Waals surface area contributed by atoms with E-state index in [1.54, 1.807) is 43.4 Å². The smallest absolute Gasteiger partial charge is 0.0555 e. The Hall–Kier alpha value is -6.54. The molecule has 0 fully saturated rings. The Labute approximate surface area is 342 Å². The molecule has 298 valence electrons. The molecular weight excluding hydrogens is 701 g/mol. The van der Waals surface area contributed by atoms with E-state index in [4.69, 9.17) is 0 Å². The van der Waals surface area contributed by atoms with Gasteiger partial charge in [0.05, 0.1) is 17.1 Å². The molecular formula is C49H62N8. The third kappa shape index (κ3) is 29.5. The van der Waals surface area contributed by atoms with E-state index in [0.717, 1.165) is 22.8 Å². The summed E-state index contributed by atoms with van der Waals surface area (Å²) in [6.07, 6.45) is 22.2. The summed E-state index contributed by atoms with van der Waals surface area (Å²) in [5.74, 6) is 0. The summed E-state index contributed by atoms with van der Waals surface area (Å²) in [6.45, 7) is 18.1. The molecule has 2 aromatic carbocycles. The van der Waals surface area contributed by atoms with Crippen LogP contribution in [0.2, 0.25) is 0 Å². The van der Waals surface area contributed by atoms with Gasteiger partial charge in [-0.1, -0.05) is 83.9 Å². The summed E-state index contributed by atoms with van der Waals surface area (Å²) in [6, 6.07) is 34.5. The lowest BCUT2D eigenvalue weighted by molar-refractivity contribution is 0.925. The lowest BCUT2D eigenvalue weighted by Crippen LogP contribution is -1.84. The molecule has 0 N–H and O–H groups in total. The van der Waals surface area contributed by atoms with E-state index < -0.39 is 0 Å². The van der Waals surface area contributed by atoms with E-state index >= 15 is 0 Å². The number of aromatic nitrogens is 8. The third-order valence-corrected chi connectivity index (χ3v) is 7.07. The minimum absolute atomic E-state index is 0.961. The Morgan fingerprint density at radius 2 is 0.754 bits per heavy atom. The molecule has 0 atom stereocenters. The second kappa shape index (κ2) is 30.7. The van der Waals surface area contributed by atoms with Gasteiger partial charge in [0.25, 0.3) is 0 Å². The van der Waals surface area contributed by atoms with E-state index in [1.807, 2.05) is 143 Å². The van der Waals surface area contributed by atoms with Crippen molar-refractivity contribution in [3.63, 3.8) is 0 Å². The van der Waals surface area contributed by atoms with Crippen LogP contribution in [0.1, 0.15) is 50.6 Å². The van der Waals surface area contributed by atoms with Crippen molar-refractivity contribution in [1.82, 2.24) is 39.0 Å². The molecule has 0 saturated carbocycles. The zero-order valence-corrected chi connectivity index (χ0v) is 35.8. The Kier molecular flexibility index (Phi) is 26.2. The average molecular weight is 763 g/mol. The van der Waals surface area contributed by atoms with Gasteiger partial charge in [-0.2, -0.15) is 0 Å². The number of nitrogens with zero attached hydrogens (tertiary/aromatic N) is 8. The molecule has 0 aliphatic heterocycles. The van der Waals surface area contributed by atoms with Gasteiger partial charge in [-0.25, -0.2) is 0 Å². The van der Waals surface area contributed by atoms with Crippen molar-refractivity contribution in [2.24, 2.45) is 14.1 Å². The van der Waals surface area contributed by atoms with Gasteiger partial charge >= 0.3 is 0 Å². The fourth-order valence-electron chi connectivity index (χ4n) is 4.08. The number of aryl methyl sites for hydroxylation is 11. The van der Waals surface area contributed by atoms with Crippen LogP contribution in [0, 0.1) is 62.3 Å². The molecule has 0 bridgehead atoms. The topological polar surface area (TPSA) is 87.2 Å². The van der Waals surface area contributed by atoms with Crippen molar-refractivity contribution >= 4 is 0 Å². The molecule has 8 heteroatoms. The Morgan fingerprint density at radius 1 is 0.316 bits per heavy atom. The monoisotopic (exact) mass is 763 g/mol. The molecule has 0 aliphatic carbocycles. The average Bonchev–Trinajstić information content (AvgIpc) is 3.80. The molecule has 0 unspecified atom stereocenters. The van der Waals surface area contributed by atoms with Gasteiger partial charge in [0.2, 0.25) is 0 Å². The Balaban J connectivity index is 0.000000326. The van der Waals surface area contributed by atoms with Gasteiger partial charge in [0.1, 0.15) is 0 Å². The molecule has 6 heterocycles. The number of hydrogen-bond donors (Lipinski definition) is 0. The van der Waals surface area contributed by atoms with Crippen LogP contribution in [0.15, 0.2) is 177 Å². The van der Waals surface area contributed by atoms with Crippen LogP contribution < -0.4 is 0 Å². The van der Waals surface area contributed by atoms with Crippen molar-refractivity contribution in [2.75, 3.05) is 0 Å². The predicted molar refractivity (Wildman–Crippen MR) is 239 cm³/mol. The van der Waals surface area contributed by atoms with E-state index in [9.17, 15) is 0 Å². The fraction of sp³-hybridized carbons (Fsp3) is 0.224. The quantitative estimate of drug-likeness (QED) is 0.153. The maximum Gasteiger partial charge on any atom is 0.0555 e. The molecule has 57 heavy (non-hydrogen) atoms. The highest BCUT2D eigenvalue weighted by atomic mass is 14.9. The zero-order valence-electron chi connectivity index (χ0n) is 35.8. The summed E-state index contributed by atoms with van der Waals surface area (Å²) in [7, 11) is 4.04. The second-order valence-corrected chi connectivity index (χ2v) is 13.2. The summed E-state index contributed by atoms with van der Waals surface area (Å²) in [5.41, 5.74) is 10.5. The van der Waals surface area contributed by atoms with Gasteiger partial charge < -0.3 is 9.13 Å². The fourth-order valence-corrected chi connectivity index (χ4v) is 4.08. The predicted octanol–water partition coefficient (Wildman–Crippen LogP) is 11.3. The standard InChI is InChI=1S/2C7H8.C6H8N2.2C6H9N.2C6H7N.C5H6N2/c2*1-7-5-3-2-4-6-7;1-5-3-8-6(2)4-7-5;2*1-6-3-4-7(2)5-6;1-6-3-2-4-7-5-6;1-6-4-2-3-5-7-6;1-5-4-6-2-3-7-5/h2*2-6H,1H3;3-4H,1-2H3;2*3-5H,1-2H3;2*2-5H,1H3;2-4H,1H3. The van der Waals surface area contributed by atoms with Crippen molar-refractivity contribution in [1.29, 1.82) is 0 Å². The number of pyridine rings is 2. The van der Waals surface area contributed by atoms with Crippen LogP contribution in [0.3, 0.4) is 0 Å². The van der Waals surface area contributed by atoms with Gasteiger partial charge in [-0.3, -0.25) is 29.9 Å². The largest absolute Gasteiger partial charge is 0.357 e. The van der Waals surface area contributed by atoms with Gasteiger partial charge in [-0.15, -0.1) is 0 Å². The highest BCUT2D eigenvalue weighted by Crippen LogP contribution is 1.95. The van der Waals surface area contributed by atoms with E-state index in [0.29, 0.717) is 0 Å². The molecule has 0 amide bonds. The number of benzene rings is 2. The molecule has 6 aromatic heterocycles. The van der Waals surface area contributed by atoms with Crippen molar-refractivity contribution < 1.29 is 0 Å². The molecule has 0 saturated heterocycles. The molecule has 0 radical (unpaired) electrons. The third-order valence-electron chi connectivity index (χ3n) is 7.07. The summed E-state index contributed by atoms with van der Waals surface area (Å²) in [5, 5.41) is 0. The number of hydrogen-bond acceptors (Lipinski definition) is 6. The minimum atomic E-state index is 0.961. The Morgan fingerprint density at radius 3 is 0.947 bits per heavy atom. The first-order valence-corrected chi connectivity index (χ1v) is 18.8.